The lowest BCUT2D eigenvalue weighted by Crippen LogP contribution is -2.38. The van der Waals surface area contributed by atoms with Gasteiger partial charge in [0.2, 0.25) is 5.91 Å². The Bertz CT molecular complexity index is 404. The number of amides is 1. The van der Waals surface area contributed by atoms with Crippen LogP contribution in [0.15, 0.2) is 17.5 Å². The van der Waals surface area contributed by atoms with Gasteiger partial charge in [-0.15, -0.1) is 11.3 Å². The van der Waals surface area contributed by atoms with Gasteiger partial charge in [-0.3, -0.25) is 10.1 Å². The molecule has 4 heteroatoms. The van der Waals surface area contributed by atoms with Gasteiger partial charge in [0.1, 0.15) is 6.17 Å². The van der Waals surface area contributed by atoms with Gasteiger partial charge >= 0.3 is 0 Å². The maximum absolute atomic E-state index is 12.5. The maximum atomic E-state index is 12.5. The van der Waals surface area contributed by atoms with Crippen molar-refractivity contribution in [3.63, 3.8) is 0 Å². The van der Waals surface area contributed by atoms with Crippen molar-refractivity contribution >= 4 is 17.2 Å². The quantitative estimate of drug-likeness (QED) is 0.864. The Hall–Kier alpha value is -0.870. The number of hydrogen-bond acceptors (Lipinski definition) is 3. The van der Waals surface area contributed by atoms with Crippen molar-refractivity contribution in [1.29, 1.82) is 0 Å². The van der Waals surface area contributed by atoms with Gasteiger partial charge in [-0.05, 0) is 31.2 Å². The molecule has 19 heavy (non-hydrogen) atoms. The summed E-state index contributed by atoms with van der Waals surface area (Å²) in [5.41, 5.74) is 0. The predicted molar refractivity (Wildman–Crippen MR) is 80.1 cm³/mol. The van der Waals surface area contributed by atoms with Gasteiger partial charge in [0.25, 0.3) is 0 Å². The lowest BCUT2D eigenvalue weighted by molar-refractivity contribution is -0.132. The summed E-state index contributed by atoms with van der Waals surface area (Å²) in [6.45, 7) is 6.44. The van der Waals surface area contributed by atoms with Crippen LogP contribution in [-0.4, -0.2) is 22.9 Å². The number of rotatable bonds is 6. The second-order valence-corrected chi connectivity index (χ2v) is 6.26. The number of carbonyl (C=O) groups is 1. The molecule has 2 rings (SSSR count). The molecule has 0 radical (unpaired) electrons. The molecule has 1 saturated heterocycles. The van der Waals surface area contributed by atoms with Crippen LogP contribution in [0.3, 0.4) is 0 Å². The highest BCUT2D eigenvalue weighted by atomic mass is 32.1. The van der Waals surface area contributed by atoms with Gasteiger partial charge < -0.3 is 4.90 Å². The van der Waals surface area contributed by atoms with Crippen molar-refractivity contribution in [3.8, 4) is 0 Å². The Morgan fingerprint density at radius 2 is 2.26 bits per heavy atom. The molecule has 0 aromatic carbocycles. The Balaban J connectivity index is 2.17. The van der Waals surface area contributed by atoms with Crippen molar-refractivity contribution in [3.05, 3.63) is 22.4 Å². The van der Waals surface area contributed by atoms with E-state index in [0.717, 1.165) is 12.8 Å². The summed E-state index contributed by atoms with van der Waals surface area (Å²) in [5.74, 6) is 0.268. The van der Waals surface area contributed by atoms with Crippen LogP contribution in [0.4, 0.5) is 0 Å². The zero-order valence-corrected chi connectivity index (χ0v) is 12.9. The predicted octanol–water partition coefficient (Wildman–Crippen LogP) is 3.54. The van der Waals surface area contributed by atoms with Gasteiger partial charge in [-0.1, -0.05) is 32.8 Å². The molecule has 0 aliphatic carbocycles. The number of carbonyl (C=O) groups excluding carboxylic acids is 1. The highest BCUT2D eigenvalue weighted by Crippen LogP contribution is 2.32. The molecule has 1 amide bonds. The lowest BCUT2D eigenvalue weighted by atomic mass is 10.1. The van der Waals surface area contributed by atoms with E-state index in [0.29, 0.717) is 6.04 Å². The molecule has 3 atom stereocenters. The normalized spacial score (nSPS) is 25.0. The average molecular weight is 280 g/mol. The first-order chi connectivity index (χ1) is 9.19. The molecule has 1 N–H and O–H groups in total. The number of hydrogen-bond donors (Lipinski definition) is 1. The fourth-order valence-electron chi connectivity index (χ4n) is 2.72. The SMILES string of the molecule is CCCCC(C)N1C(=O)C(CC)NC1c1cccs1. The van der Waals surface area contributed by atoms with Gasteiger partial charge in [-0.25, -0.2) is 0 Å². The van der Waals surface area contributed by atoms with Gasteiger partial charge in [0.15, 0.2) is 0 Å². The third-order valence-corrected chi connectivity index (χ3v) is 4.79. The Labute approximate surface area is 120 Å². The Kier molecular flexibility index (Phi) is 4.99. The van der Waals surface area contributed by atoms with Crippen LogP contribution >= 0.6 is 11.3 Å². The van der Waals surface area contributed by atoms with Gasteiger partial charge in [0, 0.05) is 10.9 Å². The molecule has 1 aliphatic heterocycles. The van der Waals surface area contributed by atoms with Crippen LogP contribution < -0.4 is 5.32 Å². The van der Waals surface area contributed by atoms with E-state index >= 15 is 0 Å². The minimum atomic E-state index is -0.0174. The first-order valence-electron chi connectivity index (χ1n) is 7.30. The third kappa shape index (κ3) is 3.00. The van der Waals surface area contributed by atoms with Gasteiger partial charge in [0.05, 0.1) is 6.04 Å². The van der Waals surface area contributed by atoms with Crippen LogP contribution in [0.2, 0.25) is 0 Å². The van der Waals surface area contributed by atoms with E-state index in [9.17, 15) is 4.79 Å². The minimum absolute atomic E-state index is 0.0174. The topological polar surface area (TPSA) is 32.3 Å². The second kappa shape index (κ2) is 6.53. The molecule has 3 unspecified atom stereocenters. The largest absolute Gasteiger partial charge is 0.318 e. The molecule has 0 saturated carbocycles. The molecule has 0 bridgehead atoms. The summed E-state index contributed by atoms with van der Waals surface area (Å²) in [6.07, 6.45) is 4.38. The highest BCUT2D eigenvalue weighted by molar-refractivity contribution is 7.10. The summed E-state index contributed by atoms with van der Waals surface area (Å²) >= 11 is 1.72. The number of thiophene rings is 1. The molecule has 1 aromatic rings. The smallest absolute Gasteiger partial charge is 0.241 e. The summed E-state index contributed by atoms with van der Waals surface area (Å²) in [6, 6.07) is 4.47. The highest BCUT2D eigenvalue weighted by Gasteiger charge is 2.41. The monoisotopic (exact) mass is 280 g/mol. The molecule has 1 aromatic heterocycles. The second-order valence-electron chi connectivity index (χ2n) is 5.28. The molecule has 3 nitrogen and oxygen atoms in total. The maximum Gasteiger partial charge on any atom is 0.241 e. The summed E-state index contributed by atoms with van der Waals surface area (Å²) < 4.78 is 0. The van der Waals surface area contributed by atoms with E-state index < -0.39 is 0 Å². The van der Waals surface area contributed by atoms with E-state index in [-0.39, 0.29) is 18.1 Å². The van der Waals surface area contributed by atoms with E-state index in [1.54, 1.807) is 11.3 Å². The van der Waals surface area contributed by atoms with Crippen LogP contribution in [0.5, 0.6) is 0 Å². The van der Waals surface area contributed by atoms with Gasteiger partial charge in [-0.2, -0.15) is 0 Å². The van der Waals surface area contributed by atoms with Crippen molar-refractivity contribution in [2.75, 3.05) is 0 Å². The minimum Gasteiger partial charge on any atom is -0.318 e. The molecule has 1 fully saturated rings. The van der Waals surface area contributed by atoms with E-state index in [4.69, 9.17) is 0 Å². The summed E-state index contributed by atoms with van der Waals surface area (Å²) in [4.78, 5) is 15.8. The van der Waals surface area contributed by atoms with E-state index in [1.807, 2.05) is 0 Å². The number of nitrogens with one attached hydrogen (secondary N) is 1. The third-order valence-electron chi connectivity index (χ3n) is 3.86. The van der Waals surface area contributed by atoms with Crippen LogP contribution in [0, 0.1) is 0 Å². The zero-order chi connectivity index (χ0) is 13.8. The molecule has 1 aliphatic rings. The molecular formula is C15H24N2OS. The Morgan fingerprint density at radius 3 is 2.84 bits per heavy atom. The van der Waals surface area contributed by atoms with Crippen LogP contribution in [-0.2, 0) is 4.79 Å². The summed E-state index contributed by atoms with van der Waals surface area (Å²) in [7, 11) is 0. The van der Waals surface area contributed by atoms with Crippen LogP contribution in [0.25, 0.3) is 0 Å². The Morgan fingerprint density at radius 1 is 1.47 bits per heavy atom. The fraction of sp³-hybridized carbons (Fsp3) is 0.667. The van der Waals surface area contributed by atoms with E-state index in [1.165, 1.54) is 17.7 Å². The van der Waals surface area contributed by atoms with Crippen molar-refractivity contribution in [2.24, 2.45) is 0 Å². The first-order valence-corrected chi connectivity index (χ1v) is 8.18. The molecule has 106 valence electrons. The first kappa shape index (κ1) is 14.5. The van der Waals surface area contributed by atoms with Crippen molar-refractivity contribution in [1.82, 2.24) is 10.2 Å². The zero-order valence-electron chi connectivity index (χ0n) is 12.1. The van der Waals surface area contributed by atoms with Crippen molar-refractivity contribution in [2.45, 2.75) is 64.7 Å². The lowest BCUT2D eigenvalue weighted by Gasteiger charge is -2.30. The molecular weight excluding hydrogens is 256 g/mol. The number of nitrogens with zero attached hydrogens (tertiary/aromatic N) is 1. The number of unbranched alkanes of at least 4 members (excludes halogenated alkanes) is 1. The molecule has 2 heterocycles. The van der Waals surface area contributed by atoms with Crippen LogP contribution in [0.1, 0.15) is 57.5 Å². The van der Waals surface area contributed by atoms with E-state index in [2.05, 4.69) is 48.5 Å². The fourth-order valence-corrected chi connectivity index (χ4v) is 3.50. The standard InChI is InChI=1S/C15H24N2OS/c1-4-6-8-11(3)17-14(13-9-7-10-19-13)16-12(5-2)15(17)18/h7,9-12,14,16H,4-6,8H2,1-3H3. The summed E-state index contributed by atoms with van der Waals surface area (Å²) in [5, 5.41) is 5.57. The van der Waals surface area contributed by atoms with Crippen molar-refractivity contribution < 1.29 is 4.79 Å². The molecule has 0 spiro atoms. The average Bonchev–Trinajstić information content (AvgIpc) is 3.03.